The van der Waals surface area contributed by atoms with Gasteiger partial charge in [-0.25, -0.2) is 0 Å². The third kappa shape index (κ3) is 6.46. The van der Waals surface area contributed by atoms with Gasteiger partial charge in [0.15, 0.2) is 0 Å². The zero-order chi connectivity index (χ0) is 13.9. The molecule has 0 aliphatic heterocycles. The standard InChI is InChI=1S/C8H10O.2C5H6/c1-6-4-3-5-7(2)8(6)9;2*1-2-4-5-3-1/h3-5,9H,1-2H3;2*1-4H,5H2. The summed E-state index contributed by atoms with van der Waals surface area (Å²) in [6.07, 6.45) is 19.0. The highest BCUT2D eigenvalue weighted by Gasteiger charge is 1.95. The van der Waals surface area contributed by atoms with Crippen molar-refractivity contribution in [3.8, 4) is 5.75 Å². The van der Waals surface area contributed by atoms with E-state index in [0.717, 1.165) is 24.0 Å². The van der Waals surface area contributed by atoms with E-state index in [9.17, 15) is 5.11 Å². The molecule has 0 aromatic heterocycles. The van der Waals surface area contributed by atoms with E-state index in [1.165, 1.54) is 0 Å². The highest BCUT2D eigenvalue weighted by Crippen LogP contribution is 2.19. The Kier molecular flexibility index (Phi) is 7.11. The predicted molar refractivity (Wildman–Crippen MR) is 83.4 cm³/mol. The molecule has 3 rings (SSSR count). The SMILES string of the molecule is C1=CCC=C1.C1=CCC=C1.Cc1cccc(C)c1O. The summed E-state index contributed by atoms with van der Waals surface area (Å²) in [5.41, 5.74) is 1.88. The fourth-order valence-electron chi connectivity index (χ4n) is 1.59. The molecule has 1 aromatic carbocycles. The van der Waals surface area contributed by atoms with Crippen molar-refractivity contribution in [3.05, 3.63) is 77.9 Å². The summed E-state index contributed by atoms with van der Waals surface area (Å²) in [7, 11) is 0. The molecule has 0 amide bonds. The molecule has 1 nitrogen and oxygen atoms in total. The number of rotatable bonds is 0. The van der Waals surface area contributed by atoms with Crippen molar-refractivity contribution in [2.24, 2.45) is 0 Å². The van der Waals surface area contributed by atoms with Gasteiger partial charge >= 0.3 is 0 Å². The molecular weight excluding hydrogens is 232 g/mol. The van der Waals surface area contributed by atoms with Crippen molar-refractivity contribution in [2.75, 3.05) is 0 Å². The maximum absolute atomic E-state index is 9.21. The minimum atomic E-state index is 0.414. The zero-order valence-corrected chi connectivity index (χ0v) is 11.7. The van der Waals surface area contributed by atoms with E-state index in [0.29, 0.717) is 5.75 Å². The fourth-order valence-corrected chi connectivity index (χ4v) is 1.59. The summed E-state index contributed by atoms with van der Waals surface area (Å²) in [6, 6.07) is 5.72. The molecule has 0 unspecified atom stereocenters. The van der Waals surface area contributed by atoms with Crippen molar-refractivity contribution < 1.29 is 5.11 Å². The number of hydrogen-bond acceptors (Lipinski definition) is 1. The van der Waals surface area contributed by atoms with Gasteiger partial charge in [-0.3, -0.25) is 0 Å². The second kappa shape index (κ2) is 8.98. The minimum Gasteiger partial charge on any atom is -0.507 e. The topological polar surface area (TPSA) is 20.2 Å². The van der Waals surface area contributed by atoms with Crippen LogP contribution in [-0.4, -0.2) is 5.11 Å². The highest BCUT2D eigenvalue weighted by atomic mass is 16.3. The molecule has 100 valence electrons. The lowest BCUT2D eigenvalue weighted by Gasteiger charge is -1.99. The lowest BCUT2D eigenvalue weighted by molar-refractivity contribution is 0.467. The van der Waals surface area contributed by atoms with Gasteiger partial charge in [0.2, 0.25) is 0 Å². The van der Waals surface area contributed by atoms with Gasteiger partial charge in [0.05, 0.1) is 0 Å². The number of hydrogen-bond donors (Lipinski definition) is 1. The van der Waals surface area contributed by atoms with Crippen LogP contribution in [0.2, 0.25) is 0 Å². The first-order valence-electron chi connectivity index (χ1n) is 6.60. The Balaban J connectivity index is 0.000000153. The van der Waals surface area contributed by atoms with E-state index in [1.807, 2.05) is 32.0 Å². The van der Waals surface area contributed by atoms with E-state index in [-0.39, 0.29) is 0 Å². The Morgan fingerprint density at radius 2 is 1.11 bits per heavy atom. The average molecular weight is 254 g/mol. The van der Waals surface area contributed by atoms with E-state index in [2.05, 4.69) is 48.6 Å². The Morgan fingerprint density at radius 3 is 1.32 bits per heavy atom. The zero-order valence-electron chi connectivity index (χ0n) is 11.7. The molecular formula is C18H22O. The van der Waals surface area contributed by atoms with Crippen LogP contribution in [0.15, 0.2) is 66.8 Å². The summed E-state index contributed by atoms with van der Waals surface area (Å²) >= 11 is 0. The van der Waals surface area contributed by atoms with Crippen LogP contribution in [0, 0.1) is 13.8 Å². The fraction of sp³-hybridized carbons (Fsp3) is 0.222. The van der Waals surface area contributed by atoms with Crippen molar-refractivity contribution in [2.45, 2.75) is 26.7 Å². The first-order chi connectivity index (χ1) is 9.22. The summed E-state index contributed by atoms with van der Waals surface area (Å²) in [5.74, 6) is 0.414. The molecule has 0 saturated heterocycles. The molecule has 1 aromatic rings. The first kappa shape index (κ1) is 15.0. The summed E-state index contributed by atoms with van der Waals surface area (Å²) < 4.78 is 0. The van der Waals surface area contributed by atoms with E-state index in [1.54, 1.807) is 0 Å². The number of aromatic hydroxyl groups is 1. The van der Waals surface area contributed by atoms with Crippen LogP contribution in [0.25, 0.3) is 0 Å². The van der Waals surface area contributed by atoms with Crippen LogP contribution < -0.4 is 0 Å². The Labute approximate surface area is 116 Å². The molecule has 1 N–H and O–H groups in total. The maximum atomic E-state index is 9.21. The monoisotopic (exact) mass is 254 g/mol. The van der Waals surface area contributed by atoms with Gasteiger partial charge in [-0.2, -0.15) is 0 Å². The van der Waals surface area contributed by atoms with Gasteiger partial charge in [-0.05, 0) is 37.8 Å². The minimum absolute atomic E-state index is 0.414. The lowest BCUT2D eigenvalue weighted by atomic mass is 10.1. The van der Waals surface area contributed by atoms with Crippen LogP contribution in [0.3, 0.4) is 0 Å². The van der Waals surface area contributed by atoms with Crippen LogP contribution >= 0.6 is 0 Å². The largest absolute Gasteiger partial charge is 0.507 e. The van der Waals surface area contributed by atoms with Crippen LogP contribution in [0.1, 0.15) is 24.0 Å². The molecule has 0 bridgehead atoms. The summed E-state index contributed by atoms with van der Waals surface area (Å²) in [6.45, 7) is 3.78. The molecule has 0 radical (unpaired) electrons. The Morgan fingerprint density at radius 1 is 0.737 bits per heavy atom. The molecule has 0 heterocycles. The number of phenolic OH excluding ortho intramolecular Hbond substituents is 1. The third-order valence-corrected chi connectivity index (χ3v) is 2.75. The number of benzene rings is 1. The third-order valence-electron chi connectivity index (χ3n) is 2.75. The van der Waals surface area contributed by atoms with Crippen LogP contribution in [0.5, 0.6) is 5.75 Å². The van der Waals surface area contributed by atoms with Gasteiger partial charge in [0.1, 0.15) is 5.75 Å². The molecule has 2 aliphatic carbocycles. The van der Waals surface area contributed by atoms with E-state index >= 15 is 0 Å². The second-order valence-corrected chi connectivity index (χ2v) is 4.42. The second-order valence-electron chi connectivity index (χ2n) is 4.42. The molecule has 1 heteroatoms. The molecule has 2 aliphatic rings. The molecule has 0 fully saturated rings. The first-order valence-corrected chi connectivity index (χ1v) is 6.60. The Bertz CT molecular complexity index is 428. The predicted octanol–water partition coefficient (Wildman–Crippen LogP) is 5.01. The summed E-state index contributed by atoms with van der Waals surface area (Å²) in [5, 5.41) is 9.21. The molecule has 0 saturated carbocycles. The molecule has 0 atom stereocenters. The van der Waals surface area contributed by atoms with E-state index in [4.69, 9.17) is 0 Å². The Hall–Kier alpha value is -2.02. The van der Waals surface area contributed by atoms with Crippen molar-refractivity contribution in [3.63, 3.8) is 0 Å². The highest BCUT2D eigenvalue weighted by molar-refractivity contribution is 5.37. The number of aryl methyl sites for hydroxylation is 2. The number of para-hydroxylation sites is 1. The number of phenols is 1. The number of allylic oxidation sites excluding steroid dienone is 8. The van der Waals surface area contributed by atoms with Gasteiger partial charge in [0.25, 0.3) is 0 Å². The van der Waals surface area contributed by atoms with Crippen LogP contribution in [-0.2, 0) is 0 Å². The van der Waals surface area contributed by atoms with Crippen molar-refractivity contribution >= 4 is 0 Å². The normalized spacial score (nSPS) is 13.8. The van der Waals surface area contributed by atoms with Crippen molar-refractivity contribution in [1.82, 2.24) is 0 Å². The van der Waals surface area contributed by atoms with Crippen LogP contribution in [0.4, 0.5) is 0 Å². The average Bonchev–Trinajstić information content (AvgIpc) is 3.11. The van der Waals surface area contributed by atoms with Gasteiger partial charge < -0.3 is 5.11 Å². The van der Waals surface area contributed by atoms with Gasteiger partial charge in [-0.1, -0.05) is 66.8 Å². The smallest absolute Gasteiger partial charge is 0.121 e. The molecule has 0 spiro atoms. The van der Waals surface area contributed by atoms with Crippen molar-refractivity contribution in [1.29, 1.82) is 0 Å². The lowest BCUT2D eigenvalue weighted by Crippen LogP contribution is -1.76. The quantitative estimate of drug-likeness (QED) is 0.689. The maximum Gasteiger partial charge on any atom is 0.121 e. The molecule has 19 heavy (non-hydrogen) atoms. The summed E-state index contributed by atoms with van der Waals surface area (Å²) in [4.78, 5) is 0. The van der Waals surface area contributed by atoms with Gasteiger partial charge in [-0.15, -0.1) is 0 Å². The van der Waals surface area contributed by atoms with Gasteiger partial charge in [0, 0.05) is 0 Å². The van der Waals surface area contributed by atoms with E-state index < -0.39 is 0 Å².